The van der Waals surface area contributed by atoms with Crippen LogP contribution in [0.15, 0.2) is 41.0 Å². The molecule has 0 unspecified atom stereocenters. The molecule has 100 valence electrons. The van der Waals surface area contributed by atoms with Crippen LogP contribution < -0.4 is 0 Å². The number of aromatic nitrogens is 3. The Labute approximate surface area is 117 Å². The first kappa shape index (κ1) is 12.6. The molecule has 0 atom stereocenters. The highest BCUT2D eigenvalue weighted by atomic mass is 35.5. The Hall–Kier alpha value is -2.47. The summed E-state index contributed by atoms with van der Waals surface area (Å²) in [5.74, 6) is -0.108. The minimum atomic E-state index is -0.536. The first-order valence-corrected chi connectivity index (χ1v) is 5.98. The normalized spacial score (nSPS) is 10.7. The molecule has 0 N–H and O–H groups in total. The van der Waals surface area contributed by atoms with E-state index in [4.69, 9.17) is 16.0 Å². The second-order valence-electron chi connectivity index (χ2n) is 3.93. The molecule has 5 nitrogen and oxygen atoms in total. The smallest absolute Gasteiger partial charge is 0.172 e. The summed E-state index contributed by atoms with van der Waals surface area (Å²) >= 11 is 5.75. The van der Waals surface area contributed by atoms with E-state index in [1.807, 2.05) is 0 Å². The number of halogens is 2. The van der Waals surface area contributed by atoms with Crippen LogP contribution in [0.2, 0.25) is 5.02 Å². The maximum atomic E-state index is 13.2. The van der Waals surface area contributed by atoms with Gasteiger partial charge in [0.25, 0.3) is 0 Å². The largest absolute Gasteiger partial charge is 0.463 e. The second kappa shape index (κ2) is 4.90. The van der Waals surface area contributed by atoms with Crippen LogP contribution in [0.3, 0.4) is 0 Å². The zero-order valence-corrected chi connectivity index (χ0v) is 10.7. The lowest BCUT2D eigenvalue weighted by Crippen LogP contribution is -2.00. The van der Waals surface area contributed by atoms with Gasteiger partial charge in [0.05, 0.1) is 17.0 Å². The molecule has 0 aliphatic rings. The Kier molecular flexibility index (Phi) is 3.08. The monoisotopic (exact) mass is 291 g/mol. The molecule has 0 spiro atoms. The van der Waals surface area contributed by atoms with Crippen molar-refractivity contribution in [3.05, 3.63) is 53.1 Å². The summed E-state index contributed by atoms with van der Waals surface area (Å²) in [7, 11) is 0. The van der Waals surface area contributed by atoms with Crippen LogP contribution in [0.1, 0.15) is 10.5 Å². The number of hydrogen-bond donors (Lipinski definition) is 0. The van der Waals surface area contributed by atoms with Gasteiger partial charge in [0.2, 0.25) is 0 Å². The average molecular weight is 292 g/mol. The lowest BCUT2D eigenvalue weighted by atomic mass is 10.2. The number of benzene rings is 1. The van der Waals surface area contributed by atoms with Gasteiger partial charge in [0, 0.05) is 0 Å². The number of aldehydes is 1. The van der Waals surface area contributed by atoms with Gasteiger partial charge >= 0.3 is 0 Å². The van der Waals surface area contributed by atoms with E-state index in [1.165, 1.54) is 29.1 Å². The molecule has 2 aromatic heterocycles. The van der Waals surface area contributed by atoms with E-state index in [1.54, 1.807) is 12.1 Å². The summed E-state index contributed by atoms with van der Waals surface area (Å²) in [5, 5.41) is 7.60. The molecule has 0 amide bonds. The summed E-state index contributed by atoms with van der Waals surface area (Å²) in [6.45, 7) is 0. The Morgan fingerprint density at radius 1 is 1.35 bits per heavy atom. The molecule has 0 fully saturated rings. The fraction of sp³-hybridized carbons (Fsp3) is 0. The molecule has 0 radical (unpaired) electrons. The Balaban J connectivity index is 2.21. The molecule has 3 aromatic rings. The number of nitrogens with zero attached hydrogens (tertiary/aromatic N) is 3. The van der Waals surface area contributed by atoms with Crippen molar-refractivity contribution in [2.75, 3.05) is 0 Å². The molecule has 2 heterocycles. The number of carbonyl (C=O) groups is 1. The summed E-state index contributed by atoms with van der Waals surface area (Å²) in [6, 6.07) is 7.45. The van der Waals surface area contributed by atoms with Crippen molar-refractivity contribution >= 4 is 17.9 Å². The highest BCUT2D eigenvalue weighted by molar-refractivity contribution is 6.30. The van der Waals surface area contributed by atoms with Crippen molar-refractivity contribution < 1.29 is 13.6 Å². The van der Waals surface area contributed by atoms with Gasteiger partial charge in [-0.05, 0) is 30.3 Å². The minimum absolute atomic E-state index is 0.0453. The van der Waals surface area contributed by atoms with Crippen LogP contribution in [-0.4, -0.2) is 21.3 Å². The maximum Gasteiger partial charge on any atom is 0.172 e. The highest BCUT2D eigenvalue weighted by Crippen LogP contribution is 2.26. The molecular formula is C13H7ClFN3O2. The zero-order valence-electron chi connectivity index (χ0n) is 9.96. The maximum absolute atomic E-state index is 13.2. The molecule has 0 aliphatic heterocycles. The first-order valence-electron chi connectivity index (χ1n) is 5.61. The first-order chi connectivity index (χ1) is 9.70. The molecule has 0 saturated carbocycles. The van der Waals surface area contributed by atoms with Gasteiger partial charge in [-0.2, -0.15) is 0 Å². The van der Waals surface area contributed by atoms with Crippen LogP contribution in [0, 0.1) is 5.82 Å². The van der Waals surface area contributed by atoms with E-state index in [-0.39, 0.29) is 10.7 Å². The molecule has 3 rings (SSSR count). The Morgan fingerprint density at radius 3 is 2.85 bits per heavy atom. The lowest BCUT2D eigenvalue weighted by molar-refractivity contribution is 0.111. The van der Waals surface area contributed by atoms with Gasteiger partial charge in [-0.25, -0.2) is 9.07 Å². The van der Waals surface area contributed by atoms with Crippen LogP contribution in [0.25, 0.3) is 17.1 Å². The fourth-order valence-corrected chi connectivity index (χ4v) is 1.99. The summed E-state index contributed by atoms with van der Waals surface area (Å²) in [6.07, 6.45) is 2.05. The van der Waals surface area contributed by atoms with Crippen molar-refractivity contribution in [2.45, 2.75) is 0 Å². The average Bonchev–Trinajstić information content (AvgIpc) is 3.09. The molecule has 0 saturated heterocycles. The van der Waals surface area contributed by atoms with Crippen LogP contribution in [0.5, 0.6) is 0 Å². The topological polar surface area (TPSA) is 60.9 Å². The van der Waals surface area contributed by atoms with E-state index < -0.39 is 5.82 Å². The third kappa shape index (κ3) is 2.00. The molecule has 7 heteroatoms. The fourth-order valence-electron chi connectivity index (χ4n) is 1.81. The van der Waals surface area contributed by atoms with Gasteiger partial charge in [-0.15, -0.1) is 5.10 Å². The zero-order chi connectivity index (χ0) is 14.1. The molecular weight excluding hydrogens is 285 g/mol. The van der Waals surface area contributed by atoms with E-state index in [9.17, 15) is 9.18 Å². The van der Waals surface area contributed by atoms with Gasteiger partial charge in [0.15, 0.2) is 17.7 Å². The second-order valence-corrected chi connectivity index (χ2v) is 4.34. The van der Waals surface area contributed by atoms with Crippen molar-refractivity contribution in [1.29, 1.82) is 0 Å². The summed E-state index contributed by atoms with van der Waals surface area (Å²) < 4.78 is 19.8. The SMILES string of the molecule is O=Cc1nnn(-c2ccc(F)c(Cl)c2)c1-c1ccco1. The Bertz CT molecular complexity index is 768. The van der Waals surface area contributed by atoms with Crippen molar-refractivity contribution in [1.82, 2.24) is 15.0 Å². The number of hydrogen-bond acceptors (Lipinski definition) is 4. The summed E-state index contributed by atoms with van der Waals surface area (Å²) in [5.41, 5.74) is 0.983. The van der Waals surface area contributed by atoms with E-state index in [2.05, 4.69) is 10.3 Å². The molecule has 0 bridgehead atoms. The van der Waals surface area contributed by atoms with Crippen LogP contribution in [0.4, 0.5) is 4.39 Å². The van der Waals surface area contributed by atoms with E-state index in [0.717, 1.165) is 0 Å². The van der Waals surface area contributed by atoms with Crippen LogP contribution in [-0.2, 0) is 0 Å². The van der Waals surface area contributed by atoms with E-state index >= 15 is 0 Å². The van der Waals surface area contributed by atoms with Crippen molar-refractivity contribution in [3.63, 3.8) is 0 Å². The summed E-state index contributed by atoms with van der Waals surface area (Å²) in [4.78, 5) is 11.0. The van der Waals surface area contributed by atoms with Gasteiger partial charge in [-0.3, -0.25) is 4.79 Å². The number of furan rings is 1. The van der Waals surface area contributed by atoms with Crippen molar-refractivity contribution in [2.24, 2.45) is 0 Å². The van der Waals surface area contributed by atoms with Crippen molar-refractivity contribution in [3.8, 4) is 17.1 Å². The van der Waals surface area contributed by atoms with Gasteiger partial charge in [-0.1, -0.05) is 16.8 Å². The highest BCUT2D eigenvalue weighted by Gasteiger charge is 2.18. The predicted molar refractivity (Wildman–Crippen MR) is 69.4 cm³/mol. The molecule has 0 aliphatic carbocycles. The quantitative estimate of drug-likeness (QED) is 0.696. The van der Waals surface area contributed by atoms with E-state index in [0.29, 0.717) is 23.4 Å². The third-order valence-corrected chi connectivity index (χ3v) is 3.00. The predicted octanol–water partition coefficient (Wildman–Crippen LogP) is 3.13. The van der Waals surface area contributed by atoms with Crippen LogP contribution >= 0.6 is 11.6 Å². The molecule has 1 aromatic carbocycles. The van der Waals surface area contributed by atoms with Gasteiger partial charge in [0.1, 0.15) is 11.5 Å². The number of carbonyl (C=O) groups excluding carboxylic acids is 1. The van der Waals surface area contributed by atoms with Gasteiger partial charge < -0.3 is 4.42 Å². The third-order valence-electron chi connectivity index (χ3n) is 2.71. The standard InChI is InChI=1S/C13H7ClFN3O2/c14-9-6-8(3-4-10(9)15)18-13(11(7-19)16-17-18)12-2-1-5-20-12/h1-7H. The number of rotatable bonds is 3. The minimum Gasteiger partial charge on any atom is -0.463 e. The Morgan fingerprint density at radius 2 is 2.20 bits per heavy atom. The molecule has 20 heavy (non-hydrogen) atoms. The lowest BCUT2D eigenvalue weighted by Gasteiger charge is -2.05.